The lowest BCUT2D eigenvalue weighted by atomic mass is 10.1. The molecule has 96 valence electrons. The van der Waals surface area contributed by atoms with Crippen molar-refractivity contribution >= 4 is 16.8 Å². The van der Waals surface area contributed by atoms with Crippen LogP contribution in [0.4, 0.5) is 0 Å². The van der Waals surface area contributed by atoms with Crippen LogP contribution in [0.3, 0.4) is 0 Å². The highest BCUT2D eigenvalue weighted by Crippen LogP contribution is 2.16. The van der Waals surface area contributed by atoms with Gasteiger partial charge in [0.05, 0.1) is 0 Å². The number of nitrogens with one attached hydrogen (secondary N) is 1. The van der Waals surface area contributed by atoms with Crippen LogP contribution >= 0.6 is 0 Å². The van der Waals surface area contributed by atoms with Crippen LogP contribution in [0.2, 0.25) is 0 Å². The number of amides is 1. The summed E-state index contributed by atoms with van der Waals surface area (Å²) in [6, 6.07) is 8.07. The minimum absolute atomic E-state index is 0.114. The molecule has 2 rings (SSSR count). The van der Waals surface area contributed by atoms with Gasteiger partial charge in [0.25, 0.3) is 5.91 Å². The van der Waals surface area contributed by atoms with E-state index < -0.39 is 0 Å². The molecule has 0 aliphatic heterocycles. The van der Waals surface area contributed by atoms with E-state index in [1.54, 1.807) is 0 Å². The minimum Gasteiger partial charge on any atom is -0.361 e. The van der Waals surface area contributed by atoms with Crippen molar-refractivity contribution in [3.63, 3.8) is 0 Å². The van der Waals surface area contributed by atoms with Gasteiger partial charge in [0.2, 0.25) is 0 Å². The number of H-pyrrole nitrogens is 1. The molecule has 0 radical (unpaired) electrons. The maximum Gasteiger partial charge on any atom is 0.254 e. The molecular formula is C15H20N2O. The molecule has 0 saturated heterocycles. The Kier molecular flexibility index (Phi) is 3.70. The van der Waals surface area contributed by atoms with Crippen molar-refractivity contribution in [2.45, 2.75) is 33.2 Å². The van der Waals surface area contributed by atoms with Crippen LogP contribution in [-0.4, -0.2) is 28.4 Å². The number of rotatable bonds is 4. The predicted molar refractivity (Wildman–Crippen MR) is 74.8 cm³/mol. The molecule has 0 unspecified atom stereocenters. The van der Waals surface area contributed by atoms with E-state index in [4.69, 9.17) is 0 Å². The highest BCUT2D eigenvalue weighted by Gasteiger charge is 2.17. The number of aromatic amines is 1. The summed E-state index contributed by atoms with van der Waals surface area (Å²) in [5.74, 6) is 0.114. The van der Waals surface area contributed by atoms with E-state index in [0.717, 1.165) is 29.4 Å². The Balaban J connectivity index is 2.30. The van der Waals surface area contributed by atoms with Crippen molar-refractivity contribution in [2.24, 2.45) is 0 Å². The molecular weight excluding hydrogens is 224 g/mol. The second-order valence-electron chi connectivity index (χ2n) is 4.87. The topological polar surface area (TPSA) is 36.1 Å². The fourth-order valence-electron chi connectivity index (χ4n) is 2.18. The molecule has 0 bridgehead atoms. The molecule has 1 aromatic heterocycles. The summed E-state index contributed by atoms with van der Waals surface area (Å²) in [5.41, 5.74) is 1.77. The Morgan fingerprint density at radius 3 is 2.78 bits per heavy atom. The summed E-state index contributed by atoms with van der Waals surface area (Å²) in [6.07, 6.45) is 2.87. The molecule has 0 atom stereocenters. The Hall–Kier alpha value is -1.77. The lowest BCUT2D eigenvalue weighted by Crippen LogP contribution is -2.37. The fraction of sp³-hybridized carbons (Fsp3) is 0.400. The number of carbonyl (C=O) groups excluding carboxylic acids is 1. The molecule has 1 heterocycles. The van der Waals surface area contributed by atoms with Gasteiger partial charge in [0, 0.05) is 29.9 Å². The van der Waals surface area contributed by atoms with E-state index >= 15 is 0 Å². The Morgan fingerprint density at radius 1 is 1.33 bits per heavy atom. The third-order valence-corrected chi connectivity index (χ3v) is 3.15. The predicted octanol–water partition coefficient (Wildman–Crippen LogP) is 3.43. The quantitative estimate of drug-likeness (QED) is 0.878. The minimum atomic E-state index is 0.114. The van der Waals surface area contributed by atoms with Gasteiger partial charge in [-0.2, -0.15) is 0 Å². The number of nitrogens with zero attached hydrogens (tertiary/aromatic N) is 1. The first-order chi connectivity index (χ1) is 8.63. The highest BCUT2D eigenvalue weighted by atomic mass is 16.2. The van der Waals surface area contributed by atoms with Crippen LogP contribution < -0.4 is 0 Å². The van der Waals surface area contributed by atoms with Gasteiger partial charge in [-0.25, -0.2) is 0 Å². The van der Waals surface area contributed by atoms with Crippen molar-refractivity contribution in [1.29, 1.82) is 0 Å². The first-order valence-corrected chi connectivity index (χ1v) is 6.51. The summed E-state index contributed by atoms with van der Waals surface area (Å²) < 4.78 is 0. The van der Waals surface area contributed by atoms with E-state index in [1.165, 1.54) is 0 Å². The molecule has 0 aliphatic carbocycles. The number of hydrogen-bond donors (Lipinski definition) is 1. The van der Waals surface area contributed by atoms with E-state index in [9.17, 15) is 4.79 Å². The second-order valence-corrected chi connectivity index (χ2v) is 4.87. The lowest BCUT2D eigenvalue weighted by molar-refractivity contribution is 0.0706. The summed E-state index contributed by atoms with van der Waals surface area (Å²) in [5, 5.41) is 1.14. The lowest BCUT2D eigenvalue weighted by Gasteiger charge is -2.26. The van der Waals surface area contributed by atoms with Gasteiger partial charge in [0.15, 0.2) is 0 Å². The maximum absolute atomic E-state index is 12.5. The largest absolute Gasteiger partial charge is 0.361 e. The van der Waals surface area contributed by atoms with Crippen molar-refractivity contribution in [2.75, 3.05) is 6.54 Å². The summed E-state index contributed by atoms with van der Waals surface area (Å²) in [7, 11) is 0. The SMILES string of the molecule is CCCN(C(=O)c1ccc2cc[nH]c2c1)C(C)C. The van der Waals surface area contributed by atoms with E-state index in [1.807, 2.05) is 35.4 Å². The van der Waals surface area contributed by atoms with Gasteiger partial charge >= 0.3 is 0 Å². The summed E-state index contributed by atoms with van der Waals surface area (Å²) in [6.45, 7) is 7.01. The first-order valence-electron chi connectivity index (χ1n) is 6.51. The van der Waals surface area contributed by atoms with Gasteiger partial charge in [-0.1, -0.05) is 13.0 Å². The van der Waals surface area contributed by atoms with E-state index in [-0.39, 0.29) is 11.9 Å². The van der Waals surface area contributed by atoms with Crippen molar-refractivity contribution < 1.29 is 4.79 Å². The Morgan fingerprint density at radius 2 is 2.11 bits per heavy atom. The van der Waals surface area contributed by atoms with Crippen LogP contribution in [0.15, 0.2) is 30.5 Å². The fourth-order valence-corrected chi connectivity index (χ4v) is 2.18. The molecule has 3 nitrogen and oxygen atoms in total. The van der Waals surface area contributed by atoms with Crippen molar-refractivity contribution in [3.05, 3.63) is 36.0 Å². The molecule has 1 aromatic carbocycles. The van der Waals surface area contributed by atoms with Crippen LogP contribution in [0.25, 0.3) is 10.9 Å². The number of benzene rings is 1. The third kappa shape index (κ3) is 2.40. The standard InChI is InChI=1S/C15H20N2O/c1-4-9-17(11(2)3)15(18)13-6-5-12-7-8-16-14(12)10-13/h5-8,10-11,16H,4,9H2,1-3H3. The van der Waals surface area contributed by atoms with Gasteiger partial charge in [0.1, 0.15) is 0 Å². The van der Waals surface area contributed by atoms with Gasteiger partial charge in [-0.3, -0.25) is 4.79 Å². The van der Waals surface area contributed by atoms with Crippen molar-refractivity contribution in [1.82, 2.24) is 9.88 Å². The normalized spacial score (nSPS) is 11.1. The van der Waals surface area contributed by atoms with Gasteiger partial charge < -0.3 is 9.88 Å². The number of fused-ring (bicyclic) bond motifs is 1. The van der Waals surface area contributed by atoms with Crippen LogP contribution in [0.1, 0.15) is 37.6 Å². The molecule has 0 fully saturated rings. The molecule has 1 amide bonds. The molecule has 3 heteroatoms. The summed E-state index contributed by atoms with van der Waals surface area (Å²) in [4.78, 5) is 17.5. The van der Waals surface area contributed by atoms with Gasteiger partial charge in [-0.15, -0.1) is 0 Å². The Labute approximate surface area is 108 Å². The van der Waals surface area contributed by atoms with E-state index in [2.05, 4.69) is 25.8 Å². The number of carbonyl (C=O) groups is 1. The van der Waals surface area contributed by atoms with E-state index in [0.29, 0.717) is 0 Å². The first kappa shape index (κ1) is 12.7. The van der Waals surface area contributed by atoms with Crippen LogP contribution in [0.5, 0.6) is 0 Å². The average molecular weight is 244 g/mol. The third-order valence-electron chi connectivity index (χ3n) is 3.15. The van der Waals surface area contributed by atoms with Crippen LogP contribution in [0, 0.1) is 0 Å². The molecule has 0 saturated carbocycles. The molecule has 0 spiro atoms. The number of hydrogen-bond acceptors (Lipinski definition) is 1. The monoisotopic (exact) mass is 244 g/mol. The zero-order chi connectivity index (χ0) is 13.1. The smallest absolute Gasteiger partial charge is 0.254 e. The molecule has 1 N–H and O–H groups in total. The highest BCUT2D eigenvalue weighted by molar-refractivity contribution is 5.98. The summed E-state index contributed by atoms with van der Waals surface area (Å²) >= 11 is 0. The van der Waals surface area contributed by atoms with Gasteiger partial charge in [-0.05, 0) is 43.9 Å². The average Bonchev–Trinajstić information content (AvgIpc) is 2.81. The van der Waals surface area contributed by atoms with Crippen molar-refractivity contribution in [3.8, 4) is 0 Å². The molecule has 18 heavy (non-hydrogen) atoms. The number of aromatic nitrogens is 1. The second kappa shape index (κ2) is 5.25. The zero-order valence-corrected chi connectivity index (χ0v) is 11.2. The molecule has 0 aliphatic rings. The van der Waals surface area contributed by atoms with Crippen LogP contribution in [-0.2, 0) is 0 Å². The molecule has 2 aromatic rings. The Bertz CT molecular complexity index is 542. The maximum atomic E-state index is 12.5. The zero-order valence-electron chi connectivity index (χ0n) is 11.2.